The number of hydrogen-bond donors (Lipinski definition) is 2. The molecule has 2 aromatic rings. The topological polar surface area (TPSA) is 33.3 Å². The number of ether oxygens (including phenoxy) is 1. The van der Waals surface area contributed by atoms with Crippen molar-refractivity contribution < 1.29 is 4.74 Å². The fourth-order valence-corrected chi connectivity index (χ4v) is 2.51. The molecule has 22 heavy (non-hydrogen) atoms. The Morgan fingerprint density at radius 3 is 2.55 bits per heavy atom. The van der Waals surface area contributed by atoms with Crippen LogP contribution in [-0.2, 0) is 6.54 Å². The van der Waals surface area contributed by atoms with E-state index >= 15 is 0 Å². The van der Waals surface area contributed by atoms with Gasteiger partial charge in [-0.05, 0) is 73.1 Å². The van der Waals surface area contributed by atoms with Gasteiger partial charge in [-0.15, -0.1) is 0 Å². The largest absolute Gasteiger partial charge is 0.497 e. The first-order valence-electron chi connectivity index (χ1n) is 6.94. The summed E-state index contributed by atoms with van der Waals surface area (Å²) < 4.78 is 5.20. The summed E-state index contributed by atoms with van der Waals surface area (Å²) >= 11 is 11.3. The average molecular weight is 335 g/mol. The van der Waals surface area contributed by atoms with Crippen LogP contribution in [0.3, 0.4) is 0 Å². The first kappa shape index (κ1) is 16.6. The smallest absolute Gasteiger partial charge is 0.171 e. The Labute approximate surface area is 141 Å². The lowest BCUT2D eigenvalue weighted by atomic mass is 10.1. The zero-order valence-corrected chi connectivity index (χ0v) is 14.4. The van der Waals surface area contributed by atoms with E-state index in [0.717, 1.165) is 27.6 Å². The molecule has 0 atom stereocenters. The van der Waals surface area contributed by atoms with Crippen molar-refractivity contribution >= 4 is 34.6 Å². The molecule has 0 aliphatic rings. The molecule has 2 rings (SSSR count). The Hall–Kier alpha value is -1.78. The predicted molar refractivity (Wildman–Crippen MR) is 97.0 cm³/mol. The van der Waals surface area contributed by atoms with Gasteiger partial charge in [0.15, 0.2) is 5.11 Å². The summed E-state index contributed by atoms with van der Waals surface area (Å²) in [5.41, 5.74) is 4.35. The standard InChI is InChI=1S/C17H19ClN2OS/c1-11-8-14(18)5-4-13(11)10-19-17(22)20-16-7-6-15(21-3)9-12(16)2/h4-9H,10H2,1-3H3,(H2,19,20,22). The number of benzene rings is 2. The molecular weight excluding hydrogens is 316 g/mol. The minimum absolute atomic E-state index is 0.586. The number of anilines is 1. The van der Waals surface area contributed by atoms with Gasteiger partial charge in [-0.3, -0.25) is 0 Å². The van der Waals surface area contributed by atoms with Crippen LogP contribution in [0.5, 0.6) is 5.75 Å². The van der Waals surface area contributed by atoms with E-state index < -0.39 is 0 Å². The third-order valence-electron chi connectivity index (χ3n) is 3.43. The summed E-state index contributed by atoms with van der Waals surface area (Å²) in [4.78, 5) is 0. The quantitative estimate of drug-likeness (QED) is 0.809. The summed E-state index contributed by atoms with van der Waals surface area (Å²) in [5.74, 6) is 0.832. The molecular formula is C17H19ClN2OS. The SMILES string of the molecule is COc1ccc(NC(=S)NCc2ccc(Cl)cc2C)c(C)c1. The van der Waals surface area contributed by atoms with Crippen molar-refractivity contribution in [2.75, 3.05) is 12.4 Å². The second kappa shape index (κ2) is 7.47. The number of methoxy groups -OCH3 is 1. The maximum absolute atomic E-state index is 5.96. The molecule has 116 valence electrons. The minimum Gasteiger partial charge on any atom is -0.497 e. The van der Waals surface area contributed by atoms with E-state index in [9.17, 15) is 0 Å². The Morgan fingerprint density at radius 1 is 1.14 bits per heavy atom. The molecule has 2 N–H and O–H groups in total. The number of nitrogens with one attached hydrogen (secondary N) is 2. The number of hydrogen-bond acceptors (Lipinski definition) is 2. The van der Waals surface area contributed by atoms with E-state index in [1.807, 2.05) is 50.2 Å². The van der Waals surface area contributed by atoms with E-state index in [1.165, 1.54) is 5.56 Å². The van der Waals surface area contributed by atoms with Gasteiger partial charge in [0.05, 0.1) is 7.11 Å². The van der Waals surface area contributed by atoms with Gasteiger partial charge < -0.3 is 15.4 Å². The lowest BCUT2D eigenvalue weighted by molar-refractivity contribution is 0.414. The van der Waals surface area contributed by atoms with Crippen LogP contribution in [0, 0.1) is 13.8 Å². The van der Waals surface area contributed by atoms with Gasteiger partial charge in [0, 0.05) is 17.3 Å². The van der Waals surface area contributed by atoms with Crippen molar-refractivity contribution in [3.63, 3.8) is 0 Å². The third kappa shape index (κ3) is 4.36. The van der Waals surface area contributed by atoms with Crippen molar-refractivity contribution in [2.45, 2.75) is 20.4 Å². The van der Waals surface area contributed by atoms with Crippen LogP contribution in [-0.4, -0.2) is 12.2 Å². The maximum Gasteiger partial charge on any atom is 0.171 e. The monoisotopic (exact) mass is 334 g/mol. The normalized spacial score (nSPS) is 10.2. The van der Waals surface area contributed by atoms with Gasteiger partial charge in [-0.25, -0.2) is 0 Å². The summed E-state index contributed by atoms with van der Waals surface area (Å²) in [6, 6.07) is 11.7. The second-order valence-electron chi connectivity index (χ2n) is 5.06. The Kier molecular flexibility index (Phi) is 5.63. The van der Waals surface area contributed by atoms with Crippen LogP contribution >= 0.6 is 23.8 Å². The third-order valence-corrected chi connectivity index (χ3v) is 3.91. The number of thiocarbonyl (C=S) groups is 1. The summed E-state index contributed by atoms with van der Waals surface area (Å²) in [7, 11) is 1.66. The molecule has 0 bridgehead atoms. The van der Waals surface area contributed by atoms with Crippen LogP contribution in [0.4, 0.5) is 5.69 Å². The van der Waals surface area contributed by atoms with Crippen LogP contribution < -0.4 is 15.4 Å². The van der Waals surface area contributed by atoms with Gasteiger partial charge in [0.2, 0.25) is 0 Å². The molecule has 0 aliphatic heterocycles. The fraction of sp³-hybridized carbons (Fsp3) is 0.235. The van der Waals surface area contributed by atoms with Gasteiger partial charge >= 0.3 is 0 Å². The Bertz CT molecular complexity index is 688. The first-order valence-corrected chi connectivity index (χ1v) is 7.72. The molecule has 0 saturated heterocycles. The van der Waals surface area contributed by atoms with Crippen molar-refractivity contribution in [3.05, 3.63) is 58.1 Å². The maximum atomic E-state index is 5.96. The van der Waals surface area contributed by atoms with Crippen LogP contribution in [0.25, 0.3) is 0 Å². The highest BCUT2D eigenvalue weighted by Gasteiger charge is 2.04. The van der Waals surface area contributed by atoms with Crippen LogP contribution in [0.15, 0.2) is 36.4 Å². The average Bonchev–Trinajstić information content (AvgIpc) is 2.48. The molecule has 0 amide bonds. The Balaban J connectivity index is 1.95. The van der Waals surface area contributed by atoms with E-state index in [0.29, 0.717) is 11.7 Å². The molecule has 0 saturated carbocycles. The molecule has 0 aliphatic carbocycles. The zero-order valence-electron chi connectivity index (χ0n) is 12.9. The van der Waals surface area contributed by atoms with Gasteiger partial charge in [-0.1, -0.05) is 17.7 Å². The summed E-state index contributed by atoms with van der Waals surface area (Å²) in [6.07, 6.45) is 0. The van der Waals surface area contributed by atoms with Crippen LogP contribution in [0.2, 0.25) is 5.02 Å². The lowest BCUT2D eigenvalue weighted by Gasteiger charge is -2.14. The highest BCUT2D eigenvalue weighted by molar-refractivity contribution is 7.80. The minimum atomic E-state index is 0.586. The molecule has 0 fully saturated rings. The Morgan fingerprint density at radius 2 is 1.91 bits per heavy atom. The van der Waals surface area contributed by atoms with E-state index in [4.69, 9.17) is 28.6 Å². The molecule has 0 unspecified atom stereocenters. The van der Waals surface area contributed by atoms with E-state index in [-0.39, 0.29) is 0 Å². The molecule has 2 aromatic carbocycles. The molecule has 0 radical (unpaired) electrons. The fourth-order valence-electron chi connectivity index (χ4n) is 2.10. The molecule has 0 heterocycles. The summed E-state index contributed by atoms with van der Waals surface area (Å²) in [6.45, 7) is 4.70. The molecule has 5 heteroatoms. The first-order chi connectivity index (χ1) is 10.5. The van der Waals surface area contributed by atoms with Gasteiger partial charge in [0.25, 0.3) is 0 Å². The summed E-state index contributed by atoms with van der Waals surface area (Å²) in [5, 5.41) is 7.74. The van der Waals surface area contributed by atoms with Crippen molar-refractivity contribution in [2.24, 2.45) is 0 Å². The highest BCUT2D eigenvalue weighted by atomic mass is 35.5. The highest BCUT2D eigenvalue weighted by Crippen LogP contribution is 2.21. The number of rotatable bonds is 4. The second-order valence-corrected chi connectivity index (χ2v) is 5.90. The molecule has 0 aromatic heterocycles. The molecule has 0 spiro atoms. The van der Waals surface area contributed by atoms with Crippen molar-refractivity contribution in [1.29, 1.82) is 0 Å². The van der Waals surface area contributed by atoms with Gasteiger partial charge in [0.1, 0.15) is 5.75 Å². The van der Waals surface area contributed by atoms with E-state index in [2.05, 4.69) is 10.6 Å². The van der Waals surface area contributed by atoms with Crippen molar-refractivity contribution in [3.8, 4) is 5.75 Å². The molecule has 3 nitrogen and oxygen atoms in total. The van der Waals surface area contributed by atoms with E-state index in [1.54, 1.807) is 7.11 Å². The predicted octanol–water partition coefficient (Wildman–Crippen LogP) is 4.45. The van der Waals surface area contributed by atoms with Crippen molar-refractivity contribution in [1.82, 2.24) is 5.32 Å². The zero-order chi connectivity index (χ0) is 16.1. The lowest BCUT2D eigenvalue weighted by Crippen LogP contribution is -2.28. The van der Waals surface area contributed by atoms with Gasteiger partial charge in [-0.2, -0.15) is 0 Å². The number of aryl methyl sites for hydroxylation is 2. The number of halogens is 1. The van der Waals surface area contributed by atoms with Crippen LogP contribution in [0.1, 0.15) is 16.7 Å².